The number of hydrogen-bond acceptors (Lipinski definition) is 17. The van der Waals surface area contributed by atoms with E-state index in [1.54, 1.807) is 60.7 Å². The number of nitrogens with one attached hydrogen (secondary N) is 1. The molecule has 0 spiro atoms. The Labute approximate surface area is 289 Å². The lowest BCUT2D eigenvalue weighted by Gasteiger charge is -2.40. The van der Waals surface area contributed by atoms with E-state index < -0.39 is 85.8 Å². The van der Waals surface area contributed by atoms with Crippen LogP contribution in [0.2, 0.25) is 0 Å². The third-order valence-electron chi connectivity index (χ3n) is 7.09. The Kier molecular flexibility index (Phi) is 14.5. The first-order valence-corrected chi connectivity index (χ1v) is 21.9. The smallest absolute Gasteiger partial charge is 0.351 e. The fourth-order valence-electron chi connectivity index (χ4n) is 4.75. The second-order valence-electron chi connectivity index (χ2n) is 10.9. The Morgan fingerprint density at radius 2 is 1.44 bits per heavy atom. The van der Waals surface area contributed by atoms with E-state index in [4.69, 9.17) is 27.4 Å². The van der Waals surface area contributed by atoms with Gasteiger partial charge in [-0.1, -0.05) is 68.8 Å². The molecule has 0 aliphatic carbocycles. The summed E-state index contributed by atoms with van der Waals surface area (Å²) in [6.45, 7) is 0.349. The van der Waals surface area contributed by atoms with Crippen LogP contribution >= 0.6 is 31.3 Å². The minimum atomic E-state index is -5.27. The Morgan fingerprint density at radius 3 is 1.94 bits per heavy atom. The number of aliphatic hydroxyl groups is 2. The number of anilines is 1. The first-order chi connectivity index (χ1) is 23.6. The Hall–Kier alpha value is -1.88. The Morgan fingerprint density at radius 1 is 0.880 bits per heavy atom. The molecular weight excluding hydrogens is 742 g/mol. The van der Waals surface area contributed by atoms with E-state index in [1.165, 1.54) is 12.0 Å². The van der Waals surface area contributed by atoms with Crippen molar-refractivity contribution in [2.24, 2.45) is 0 Å². The van der Waals surface area contributed by atoms with Crippen LogP contribution in [0, 0.1) is 0 Å². The lowest BCUT2D eigenvalue weighted by atomic mass is 10.1. The summed E-state index contributed by atoms with van der Waals surface area (Å²) in [6, 6.07) is 18.5. The van der Waals surface area contributed by atoms with Gasteiger partial charge in [0.2, 0.25) is 15.9 Å². The van der Waals surface area contributed by atoms with E-state index >= 15 is 0 Å². The van der Waals surface area contributed by atoms with Crippen molar-refractivity contribution in [3.8, 4) is 0 Å². The molecule has 2 aromatic carbocycles. The van der Waals surface area contributed by atoms with Gasteiger partial charge in [-0.3, -0.25) is 14.2 Å². The maximum Gasteiger partial charge on any atom is 0.351 e. The van der Waals surface area contributed by atoms with Gasteiger partial charge in [-0.25, -0.2) is 22.9 Å². The van der Waals surface area contributed by atoms with Crippen molar-refractivity contribution < 1.29 is 66.6 Å². The first-order valence-electron chi connectivity index (χ1n) is 15.0. The van der Waals surface area contributed by atoms with Crippen molar-refractivity contribution in [1.29, 1.82) is 0 Å². The van der Waals surface area contributed by atoms with E-state index in [2.05, 4.69) is 4.98 Å². The molecular formula is C28H37N3O15P4-2. The second-order valence-corrected chi connectivity index (χ2v) is 19.8. The normalized spacial score (nSPS) is 22.2. The topological polar surface area (TPSA) is 275 Å². The van der Waals surface area contributed by atoms with Gasteiger partial charge in [0.1, 0.15) is 38.1 Å². The summed E-state index contributed by atoms with van der Waals surface area (Å²) in [5.74, 6) is -2.25. The van der Waals surface area contributed by atoms with Gasteiger partial charge in [0.25, 0.3) is 7.37 Å². The highest BCUT2D eigenvalue weighted by Crippen LogP contribution is 2.73. The maximum atomic E-state index is 14.2. The molecule has 2 heterocycles. The molecule has 1 aliphatic rings. The minimum Gasteiger partial charge on any atom is -0.669 e. The summed E-state index contributed by atoms with van der Waals surface area (Å²) < 4.78 is 48.1. The predicted octanol–water partition coefficient (Wildman–Crippen LogP) is -0.395. The molecule has 0 radical (unpaired) electrons. The fourth-order valence-corrected chi connectivity index (χ4v) is 14.3. The van der Waals surface area contributed by atoms with Crippen molar-refractivity contribution in [1.82, 2.24) is 9.55 Å². The lowest BCUT2D eigenvalue weighted by Crippen LogP contribution is -2.39. The quantitative estimate of drug-likeness (QED) is 0.131. The van der Waals surface area contributed by atoms with Crippen LogP contribution in [0.25, 0.3) is 0 Å². The Balaban J connectivity index is 1.47. The zero-order valence-corrected chi connectivity index (χ0v) is 30.4. The van der Waals surface area contributed by atoms with E-state index in [0.717, 1.165) is 23.9 Å². The summed E-state index contributed by atoms with van der Waals surface area (Å²) in [4.78, 5) is 76.6. The molecule has 4 rings (SSSR count). The van der Waals surface area contributed by atoms with Gasteiger partial charge in [-0.05, 0) is 18.1 Å². The molecule has 0 amide bonds. The largest absolute Gasteiger partial charge is 0.669 e. The van der Waals surface area contributed by atoms with Crippen molar-refractivity contribution >= 4 is 37.2 Å². The summed E-state index contributed by atoms with van der Waals surface area (Å²) in [7, 11) is -17.1. The summed E-state index contributed by atoms with van der Waals surface area (Å²) >= 11 is 0. The van der Waals surface area contributed by atoms with Gasteiger partial charge in [0.05, 0.1) is 13.7 Å². The van der Waals surface area contributed by atoms with Gasteiger partial charge in [0, 0.05) is 12.3 Å². The average Bonchev–Trinajstić information content (AvgIpc) is 3.34. The highest BCUT2D eigenvalue weighted by molar-refractivity contribution is 7.83. The highest BCUT2D eigenvalue weighted by Gasteiger charge is 2.51. The van der Waals surface area contributed by atoms with Gasteiger partial charge in [-0.2, -0.15) is 4.98 Å². The first kappa shape index (κ1) is 40.9. The lowest BCUT2D eigenvalue weighted by molar-refractivity contribution is -0.425. The van der Waals surface area contributed by atoms with E-state index in [0.29, 0.717) is 11.1 Å². The fraction of sp³-hybridized carbons (Fsp3) is 0.429. The summed E-state index contributed by atoms with van der Waals surface area (Å²) in [5.41, 5.74) is 0.172. The van der Waals surface area contributed by atoms with Crippen LogP contribution < -0.4 is 35.2 Å². The van der Waals surface area contributed by atoms with Gasteiger partial charge < -0.3 is 43.9 Å². The number of ether oxygens (including phenoxy) is 1. The molecule has 22 heteroatoms. The number of hydrogen-bond donors (Lipinski definition) is 3. The molecule has 3 aromatic rings. The van der Waals surface area contributed by atoms with Crippen molar-refractivity contribution in [3.05, 3.63) is 94.5 Å². The molecule has 1 aromatic heterocycles. The molecule has 276 valence electrons. The molecule has 1 fully saturated rings. The number of rotatable bonds is 19. The number of nitrogens with zero attached hydrogens (tertiary/aromatic N) is 2. The van der Waals surface area contributed by atoms with Crippen LogP contribution in [0.4, 0.5) is 5.82 Å². The number of benzene rings is 2. The van der Waals surface area contributed by atoms with Crippen LogP contribution in [0.15, 0.2) is 77.7 Å². The van der Waals surface area contributed by atoms with Crippen LogP contribution in [0.3, 0.4) is 0 Å². The van der Waals surface area contributed by atoms with Crippen LogP contribution in [0.1, 0.15) is 24.3 Å². The third kappa shape index (κ3) is 11.8. The summed E-state index contributed by atoms with van der Waals surface area (Å²) in [5, 5.41) is 22.7. The Bertz CT molecular complexity index is 1580. The third-order valence-corrected chi connectivity index (χ3v) is 16.7. The SMILES string of the molecule is CCOP(=O)(C[P+]([O-])(OC)OC[C@H]1O[C@@H](n2ccc(N[P+]([O-])([O-])[O-])nc2=O)[C@H](O)[C@@H]1O)C[P+]([O-])(OCc1ccccc1)OCc1ccccc1. The van der Waals surface area contributed by atoms with Crippen molar-refractivity contribution in [2.75, 3.05) is 37.2 Å². The van der Waals surface area contributed by atoms with Gasteiger partial charge in [-0.15, -0.1) is 0 Å². The molecule has 18 nitrogen and oxygen atoms in total. The molecule has 0 saturated carbocycles. The van der Waals surface area contributed by atoms with E-state index in [-0.39, 0.29) is 19.8 Å². The van der Waals surface area contributed by atoms with E-state index in [9.17, 15) is 44.0 Å². The second kappa shape index (κ2) is 17.8. The minimum absolute atomic E-state index is 0.144. The van der Waals surface area contributed by atoms with Gasteiger partial charge in [0.15, 0.2) is 23.9 Å². The standard InChI is InChI=1S/C28H39N3O15P4/c1-3-42-47(35,20-49(37,43-16-21-10-6-4-7-11-21)44-17-22-12-8-5-9-13-22)19-48(36,41-2)45-18-23-25(32)26(33)27(46-23)31-15-14-24(29-28(31)34)30-50(38,39)40/h4-15,23,25-27,32-33H,3,16-20H2,1-2H3,(H3,29,30,34,38,39,40)/p-2/t23-,25-,26-,27-,47?,48?/m1/s1. The molecule has 50 heavy (non-hydrogen) atoms. The zero-order valence-electron chi connectivity index (χ0n) is 26.9. The molecule has 2 unspecified atom stereocenters. The highest BCUT2D eigenvalue weighted by atomic mass is 31.3. The van der Waals surface area contributed by atoms with Crippen LogP contribution in [-0.2, 0) is 45.1 Å². The van der Waals surface area contributed by atoms with Gasteiger partial charge >= 0.3 is 5.69 Å². The van der Waals surface area contributed by atoms with Crippen LogP contribution in [0.5, 0.6) is 0 Å². The average molecular weight is 780 g/mol. The molecule has 6 atom stereocenters. The van der Waals surface area contributed by atoms with Crippen molar-refractivity contribution in [3.63, 3.8) is 0 Å². The molecule has 0 bridgehead atoms. The van der Waals surface area contributed by atoms with Crippen molar-refractivity contribution in [2.45, 2.75) is 44.7 Å². The maximum absolute atomic E-state index is 14.2. The number of aromatic nitrogens is 2. The zero-order chi connectivity index (χ0) is 36.6. The predicted molar refractivity (Wildman–Crippen MR) is 173 cm³/mol. The molecule has 3 N–H and O–H groups in total. The summed E-state index contributed by atoms with van der Waals surface area (Å²) in [6.07, 6.45) is -5.49. The monoisotopic (exact) mass is 779 g/mol. The van der Waals surface area contributed by atoms with E-state index in [1.807, 2.05) is 0 Å². The molecule has 1 aliphatic heterocycles. The van der Waals surface area contributed by atoms with Crippen LogP contribution in [-0.4, -0.2) is 70.2 Å². The molecule has 1 saturated heterocycles. The number of aliphatic hydroxyl groups excluding tert-OH is 2.